The van der Waals surface area contributed by atoms with Crippen molar-refractivity contribution in [3.8, 4) is 5.82 Å². The molecule has 0 saturated heterocycles. The number of nitrogens with zero attached hydrogens (tertiary/aromatic N) is 4. The van der Waals surface area contributed by atoms with Crippen LogP contribution in [0.25, 0.3) is 5.82 Å². The highest BCUT2D eigenvalue weighted by molar-refractivity contribution is 5.18. The van der Waals surface area contributed by atoms with E-state index in [1.54, 1.807) is 6.07 Å². The molecule has 2 heterocycles. The van der Waals surface area contributed by atoms with E-state index < -0.39 is 6.43 Å². The Hall–Kier alpha value is -1.85. The molecule has 4 nitrogen and oxygen atoms in total. The maximum absolute atomic E-state index is 12.2. The second-order valence-electron chi connectivity index (χ2n) is 2.55. The first kappa shape index (κ1) is 8.74. The molecule has 2 aromatic rings. The van der Waals surface area contributed by atoms with E-state index in [4.69, 9.17) is 0 Å². The third-order valence-corrected chi connectivity index (χ3v) is 1.63. The van der Waals surface area contributed by atoms with Gasteiger partial charge in [-0.3, -0.25) is 0 Å². The predicted octanol–water partition coefficient (Wildman–Crippen LogP) is 1.60. The third-order valence-electron chi connectivity index (χ3n) is 1.63. The zero-order valence-electron chi connectivity index (χ0n) is 7.01. The maximum atomic E-state index is 12.2. The fourth-order valence-electron chi connectivity index (χ4n) is 1.00. The molecule has 0 aromatic carbocycles. The molecule has 0 radical (unpaired) electrons. The van der Waals surface area contributed by atoms with Crippen molar-refractivity contribution in [3.05, 3.63) is 36.5 Å². The average Bonchev–Trinajstić information content (AvgIpc) is 2.68. The Morgan fingerprint density at radius 1 is 1.29 bits per heavy atom. The monoisotopic (exact) mass is 196 g/mol. The van der Waals surface area contributed by atoms with Crippen LogP contribution in [0.15, 0.2) is 30.9 Å². The topological polar surface area (TPSA) is 43.6 Å². The number of hydrogen-bond acceptors (Lipinski definition) is 3. The van der Waals surface area contributed by atoms with E-state index in [-0.39, 0.29) is 5.69 Å². The first-order valence-corrected chi connectivity index (χ1v) is 3.87. The summed E-state index contributed by atoms with van der Waals surface area (Å²) in [7, 11) is 0. The van der Waals surface area contributed by atoms with Gasteiger partial charge >= 0.3 is 0 Å². The highest BCUT2D eigenvalue weighted by Crippen LogP contribution is 2.16. The summed E-state index contributed by atoms with van der Waals surface area (Å²) in [5.41, 5.74) is -0.261. The minimum atomic E-state index is -2.56. The molecule has 0 saturated carbocycles. The van der Waals surface area contributed by atoms with E-state index in [2.05, 4.69) is 15.1 Å². The molecule has 0 bridgehead atoms. The van der Waals surface area contributed by atoms with Crippen LogP contribution in [0.2, 0.25) is 0 Å². The SMILES string of the molecule is FC(F)c1ccn(-c2ccncn2)n1. The van der Waals surface area contributed by atoms with Gasteiger partial charge in [0.05, 0.1) is 0 Å². The normalized spacial score (nSPS) is 10.8. The zero-order chi connectivity index (χ0) is 9.97. The molecule has 0 atom stereocenters. The van der Waals surface area contributed by atoms with Gasteiger partial charge in [-0.2, -0.15) is 5.10 Å². The molecule has 0 aliphatic heterocycles. The smallest absolute Gasteiger partial charge is 0.245 e. The summed E-state index contributed by atoms with van der Waals surface area (Å²) < 4.78 is 25.7. The van der Waals surface area contributed by atoms with Gasteiger partial charge in [0.1, 0.15) is 12.0 Å². The van der Waals surface area contributed by atoms with Crippen molar-refractivity contribution in [3.63, 3.8) is 0 Å². The van der Waals surface area contributed by atoms with Crippen molar-refractivity contribution in [1.29, 1.82) is 0 Å². The number of alkyl halides is 2. The molecule has 2 aromatic heterocycles. The van der Waals surface area contributed by atoms with Gasteiger partial charge in [-0.25, -0.2) is 23.4 Å². The van der Waals surface area contributed by atoms with E-state index in [0.717, 1.165) is 0 Å². The Kier molecular flexibility index (Phi) is 2.18. The van der Waals surface area contributed by atoms with Gasteiger partial charge in [0.2, 0.25) is 0 Å². The number of rotatable bonds is 2. The zero-order valence-corrected chi connectivity index (χ0v) is 7.01. The minimum absolute atomic E-state index is 0.261. The van der Waals surface area contributed by atoms with Gasteiger partial charge in [0, 0.05) is 18.5 Å². The van der Waals surface area contributed by atoms with E-state index in [0.29, 0.717) is 5.82 Å². The lowest BCUT2D eigenvalue weighted by molar-refractivity contribution is 0.145. The molecule has 0 fully saturated rings. The highest BCUT2D eigenvalue weighted by Gasteiger charge is 2.10. The van der Waals surface area contributed by atoms with Gasteiger partial charge in [0.25, 0.3) is 6.43 Å². The summed E-state index contributed by atoms with van der Waals surface area (Å²) in [6, 6.07) is 2.84. The fraction of sp³-hybridized carbons (Fsp3) is 0.125. The van der Waals surface area contributed by atoms with Gasteiger partial charge in [-0.1, -0.05) is 0 Å². The number of hydrogen-bond donors (Lipinski definition) is 0. The van der Waals surface area contributed by atoms with E-state index in [9.17, 15) is 8.78 Å². The molecule has 0 aliphatic rings. The lowest BCUT2D eigenvalue weighted by Crippen LogP contribution is -1.99. The molecule has 6 heteroatoms. The Morgan fingerprint density at radius 2 is 2.14 bits per heavy atom. The summed E-state index contributed by atoms with van der Waals surface area (Å²) in [6.07, 6.45) is 1.73. The minimum Gasteiger partial charge on any atom is -0.245 e. The van der Waals surface area contributed by atoms with Crippen LogP contribution < -0.4 is 0 Å². The Bertz CT molecular complexity index is 412. The van der Waals surface area contributed by atoms with E-state index >= 15 is 0 Å². The van der Waals surface area contributed by atoms with Crippen molar-refractivity contribution >= 4 is 0 Å². The molecule has 0 spiro atoms. The summed E-state index contributed by atoms with van der Waals surface area (Å²) in [6.45, 7) is 0. The van der Waals surface area contributed by atoms with Crippen LogP contribution in [0.3, 0.4) is 0 Å². The van der Waals surface area contributed by atoms with Crippen LogP contribution in [-0.4, -0.2) is 19.7 Å². The van der Waals surface area contributed by atoms with Crippen molar-refractivity contribution in [1.82, 2.24) is 19.7 Å². The highest BCUT2D eigenvalue weighted by atomic mass is 19.3. The molecule has 2 rings (SSSR count). The predicted molar refractivity (Wildman–Crippen MR) is 44.1 cm³/mol. The van der Waals surface area contributed by atoms with Gasteiger partial charge in [-0.05, 0) is 6.07 Å². The molecular formula is C8H6F2N4. The summed E-state index contributed by atoms with van der Waals surface area (Å²) in [5.74, 6) is 0.465. The molecule has 14 heavy (non-hydrogen) atoms. The first-order valence-electron chi connectivity index (χ1n) is 3.87. The van der Waals surface area contributed by atoms with Crippen molar-refractivity contribution in [2.45, 2.75) is 6.43 Å². The average molecular weight is 196 g/mol. The quantitative estimate of drug-likeness (QED) is 0.732. The summed E-state index contributed by atoms with van der Waals surface area (Å²) >= 11 is 0. The van der Waals surface area contributed by atoms with Crippen LogP contribution in [0.5, 0.6) is 0 Å². The molecule has 0 aliphatic carbocycles. The molecule has 0 N–H and O–H groups in total. The van der Waals surface area contributed by atoms with Gasteiger partial charge in [-0.15, -0.1) is 0 Å². The lowest BCUT2D eigenvalue weighted by Gasteiger charge is -1.97. The third kappa shape index (κ3) is 1.59. The standard InChI is InChI=1S/C8H6F2N4/c9-8(10)6-2-4-14(13-6)7-1-3-11-5-12-7/h1-5,8H. The maximum Gasteiger partial charge on any atom is 0.282 e. The van der Waals surface area contributed by atoms with Crippen molar-refractivity contribution in [2.75, 3.05) is 0 Å². The Labute approximate surface area is 78.2 Å². The second kappa shape index (κ2) is 3.49. The molecule has 0 unspecified atom stereocenters. The van der Waals surface area contributed by atoms with Gasteiger partial charge < -0.3 is 0 Å². The molecule has 72 valence electrons. The Morgan fingerprint density at radius 3 is 2.71 bits per heavy atom. The Balaban J connectivity index is 2.34. The van der Waals surface area contributed by atoms with E-state index in [1.165, 1.54) is 29.5 Å². The van der Waals surface area contributed by atoms with E-state index in [1.807, 2.05) is 0 Å². The lowest BCUT2D eigenvalue weighted by atomic mass is 10.5. The fourth-order valence-corrected chi connectivity index (χ4v) is 1.00. The van der Waals surface area contributed by atoms with Crippen LogP contribution in [0.4, 0.5) is 8.78 Å². The number of aromatic nitrogens is 4. The largest absolute Gasteiger partial charge is 0.282 e. The molecule has 0 amide bonds. The van der Waals surface area contributed by atoms with Crippen molar-refractivity contribution in [2.24, 2.45) is 0 Å². The van der Waals surface area contributed by atoms with Crippen LogP contribution in [-0.2, 0) is 0 Å². The first-order chi connectivity index (χ1) is 6.77. The molecular weight excluding hydrogens is 190 g/mol. The summed E-state index contributed by atoms with van der Waals surface area (Å²) in [4.78, 5) is 7.58. The van der Waals surface area contributed by atoms with Crippen LogP contribution in [0, 0.1) is 0 Å². The number of halogens is 2. The summed E-state index contributed by atoms with van der Waals surface area (Å²) in [5, 5.41) is 3.66. The van der Waals surface area contributed by atoms with Crippen LogP contribution in [0.1, 0.15) is 12.1 Å². The van der Waals surface area contributed by atoms with Crippen molar-refractivity contribution < 1.29 is 8.78 Å². The van der Waals surface area contributed by atoms with Gasteiger partial charge in [0.15, 0.2) is 5.82 Å². The van der Waals surface area contributed by atoms with Crippen LogP contribution >= 0.6 is 0 Å². The second-order valence-corrected chi connectivity index (χ2v) is 2.55.